The molecular weight excluding hydrogens is 446 g/mol. The molecular formula is C22H25N5O5S. The molecule has 1 fully saturated rings. The van der Waals surface area contributed by atoms with Crippen molar-refractivity contribution in [2.24, 2.45) is 0 Å². The lowest BCUT2D eigenvalue weighted by Gasteiger charge is -2.31. The van der Waals surface area contributed by atoms with Crippen molar-refractivity contribution in [1.82, 2.24) is 19.0 Å². The van der Waals surface area contributed by atoms with Crippen molar-refractivity contribution in [2.45, 2.75) is 17.9 Å². The van der Waals surface area contributed by atoms with Crippen molar-refractivity contribution in [3.8, 4) is 0 Å². The standard InChI is InChI=1S/C22H25N5O5S/c1-25-11-13-26(14-12-25)33(31,32)17-6-4-5-16(15-17)23-20(28)9-10-27-22(30)19-8-3-2-7-18(19)21(29)24-27/h2-8,15H,9-14H2,1H3,(H,23,28)(H,24,29). The molecule has 0 spiro atoms. The molecule has 1 aliphatic heterocycles. The number of rotatable bonds is 6. The van der Waals surface area contributed by atoms with Crippen LogP contribution in [-0.4, -0.2) is 66.5 Å². The number of hydrogen-bond acceptors (Lipinski definition) is 6. The van der Waals surface area contributed by atoms with E-state index in [9.17, 15) is 22.8 Å². The van der Waals surface area contributed by atoms with Crippen LogP contribution in [0.15, 0.2) is 63.0 Å². The number of anilines is 1. The lowest BCUT2D eigenvalue weighted by molar-refractivity contribution is -0.116. The summed E-state index contributed by atoms with van der Waals surface area (Å²) < 4.78 is 28.4. The minimum atomic E-state index is -3.66. The van der Waals surface area contributed by atoms with E-state index in [-0.39, 0.29) is 23.2 Å². The Balaban J connectivity index is 1.45. The Kier molecular flexibility index (Phi) is 6.45. The van der Waals surface area contributed by atoms with Crippen LogP contribution in [0.5, 0.6) is 0 Å². The van der Waals surface area contributed by atoms with Gasteiger partial charge in [-0.05, 0) is 37.4 Å². The van der Waals surface area contributed by atoms with E-state index < -0.39 is 27.0 Å². The first-order chi connectivity index (χ1) is 15.8. The number of aryl methyl sites for hydroxylation is 1. The molecule has 0 saturated carbocycles. The molecule has 0 bridgehead atoms. The molecule has 4 rings (SSSR count). The van der Waals surface area contributed by atoms with Gasteiger partial charge in [0, 0.05) is 38.3 Å². The summed E-state index contributed by atoms with van der Waals surface area (Å²) in [7, 11) is -1.71. The number of amides is 1. The number of aromatic nitrogens is 2. The van der Waals surface area contributed by atoms with Crippen LogP contribution in [0.2, 0.25) is 0 Å². The monoisotopic (exact) mass is 471 g/mol. The number of hydrogen-bond donors (Lipinski definition) is 2. The Morgan fingerprint density at radius 3 is 2.42 bits per heavy atom. The predicted molar refractivity (Wildman–Crippen MR) is 125 cm³/mol. The van der Waals surface area contributed by atoms with Gasteiger partial charge in [-0.15, -0.1) is 0 Å². The highest BCUT2D eigenvalue weighted by Gasteiger charge is 2.27. The Hall–Kier alpha value is -3.28. The van der Waals surface area contributed by atoms with Crippen molar-refractivity contribution < 1.29 is 13.2 Å². The summed E-state index contributed by atoms with van der Waals surface area (Å²) in [5.41, 5.74) is -0.458. The molecule has 10 nitrogen and oxygen atoms in total. The fraction of sp³-hybridized carbons (Fsp3) is 0.318. The van der Waals surface area contributed by atoms with Crippen LogP contribution < -0.4 is 16.4 Å². The number of benzene rings is 2. The lowest BCUT2D eigenvalue weighted by Crippen LogP contribution is -2.47. The summed E-state index contributed by atoms with van der Waals surface area (Å²) in [6.45, 7) is 2.12. The van der Waals surface area contributed by atoms with E-state index in [2.05, 4.69) is 15.3 Å². The second-order valence-electron chi connectivity index (χ2n) is 7.98. The van der Waals surface area contributed by atoms with E-state index in [0.29, 0.717) is 37.3 Å². The van der Waals surface area contributed by atoms with Gasteiger partial charge in [-0.1, -0.05) is 18.2 Å². The van der Waals surface area contributed by atoms with Crippen molar-refractivity contribution in [3.05, 3.63) is 69.2 Å². The van der Waals surface area contributed by atoms with Gasteiger partial charge in [0.1, 0.15) is 0 Å². The number of fused-ring (bicyclic) bond motifs is 1. The third kappa shape index (κ3) is 4.90. The molecule has 1 amide bonds. The van der Waals surface area contributed by atoms with Gasteiger partial charge in [-0.25, -0.2) is 13.1 Å². The molecule has 1 aromatic heterocycles. The number of carbonyl (C=O) groups is 1. The molecule has 1 aliphatic rings. The predicted octanol–water partition coefficient (Wildman–Crippen LogP) is 0.655. The molecule has 33 heavy (non-hydrogen) atoms. The number of sulfonamides is 1. The topological polar surface area (TPSA) is 125 Å². The van der Waals surface area contributed by atoms with Crippen molar-refractivity contribution >= 4 is 32.4 Å². The number of nitrogens with one attached hydrogen (secondary N) is 2. The van der Waals surface area contributed by atoms with E-state index in [0.717, 1.165) is 4.68 Å². The number of nitrogens with zero attached hydrogens (tertiary/aromatic N) is 3. The minimum Gasteiger partial charge on any atom is -0.326 e. The van der Waals surface area contributed by atoms with E-state index >= 15 is 0 Å². The van der Waals surface area contributed by atoms with Gasteiger partial charge >= 0.3 is 0 Å². The molecule has 0 unspecified atom stereocenters. The first kappa shape index (κ1) is 22.9. The van der Waals surface area contributed by atoms with Crippen LogP contribution in [0, 0.1) is 0 Å². The number of H-pyrrole nitrogens is 1. The zero-order valence-electron chi connectivity index (χ0n) is 18.2. The Bertz CT molecular complexity index is 1400. The number of aromatic amines is 1. The average Bonchev–Trinajstić information content (AvgIpc) is 2.81. The molecule has 2 heterocycles. The summed E-state index contributed by atoms with van der Waals surface area (Å²) in [6.07, 6.45) is -0.0797. The summed E-state index contributed by atoms with van der Waals surface area (Å²) in [5, 5.41) is 5.73. The van der Waals surface area contributed by atoms with Crippen LogP contribution in [0.25, 0.3) is 10.8 Å². The van der Waals surface area contributed by atoms with Crippen LogP contribution in [0.4, 0.5) is 5.69 Å². The fourth-order valence-electron chi connectivity index (χ4n) is 3.75. The summed E-state index contributed by atoms with van der Waals surface area (Å²) >= 11 is 0. The third-order valence-corrected chi connectivity index (χ3v) is 7.56. The van der Waals surface area contributed by atoms with Gasteiger partial charge in [0.05, 0.1) is 22.2 Å². The second-order valence-corrected chi connectivity index (χ2v) is 9.91. The lowest BCUT2D eigenvalue weighted by atomic mass is 10.2. The van der Waals surface area contributed by atoms with E-state index in [4.69, 9.17) is 0 Å². The average molecular weight is 472 g/mol. The number of carbonyl (C=O) groups excluding carboxylic acids is 1. The highest BCUT2D eigenvalue weighted by molar-refractivity contribution is 7.89. The number of piperazine rings is 1. The quantitative estimate of drug-likeness (QED) is 0.544. The molecule has 3 aromatic rings. The highest BCUT2D eigenvalue weighted by atomic mass is 32.2. The molecule has 2 aromatic carbocycles. The van der Waals surface area contributed by atoms with Crippen molar-refractivity contribution in [3.63, 3.8) is 0 Å². The van der Waals surface area contributed by atoms with E-state index in [1.807, 2.05) is 7.05 Å². The second kappa shape index (κ2) is 9.30. The van der Waals surface area contributed by atoms with Crippen molar-refractivity contribution in [1.29, 1.82) is 0 Å². The maximum atomic E-state index is 12.9. The van der Waals surface area contributed by atoms with Crippen LogP contribution >= 0.6 is 0 Å². The Morgan fingerprint density at radius 1 is 1.00 bits per heavy atom. The summed E-state index contributed by atoms with van der Waals surface area (Å²) in [5.74, 6) is -0.412. The van der Waals surface area contributed by atoms with Crippen molar-refractivity contribution in [2.75, 3.05) is 38.5 Å². The van der Waals surface area contributed by atoms with Crippen LogP contribution in [-0.2, 0) is 21.4 Å². The third-order valence-electron chi connectivity index (χ3n) is 5.66. The summed E-state index contributed by atoms with van der Waals surface area (Å²) in [4.78, 5) is 39.4. The molecule has 2 N–H and O–H groups in total. The van der Waals surface area contributed by atoms with Crippen LogP contribution in [0.1, 0.15) is 6.42 Å². The fourth-order valence-corrected chi connectivity index (χ4v) is 5.22. The van der Waals surface area contributed by atoms with E-state index in [1.165, 1.54) is 16.4 Å². The smallest absolute Gasteiger partial charge is 0.273 e. The van der Waals surface area contributed by atoms with Gasteiger partial charge in [-0.2, -0.15) is 4.31 Å². The molecule has 0 radical (unpaired) electrons. The van der Waals surface area contributed by atoms with Gasteiger partial charge in [-0.3, -0.25) is 19.5 Å². The normalized spacial score (nSPS) is 15.5. The first-order valence-corrected chi connectivity index (χ1v) is 12.0. The molecule has 0 aliphatic carbocycles. The summed E-state index contributed by atoms with van der Waals surface area (Å²) in [6, 6.07) is 12.6. The SMILES string of the molecule is CN1CCN(S(=O)(=O)c2cccc(NC(=O)CCn3[nH]c(=O)c4ccccc4c3=O)c2)CC1. The zero-order valence-corrected chi connectivity index (χ0v) is 19.0. The van der Waals surface area contributed by atoms with Gasteiger partial charge in [0.15, 0.2) is 0 Å². The minimum absolute atomic E-state index is 0.0238. The number of likely N-dealkylation sites (N-methyl/N-ethyl adjacent to an activating group) is 1. The molecule has 0 atom stereocenters. The van der Waals surface area contributed by atoms with Gasteiger partial charge in [0.2, 0.25) is 15.9 Å². The largest absolute Gasteiger partial charge is 0.326 e. The van der Waals surface area contributed by atoms with Gasteiger partial charge in [0.25, 0.3) is 11.1 Å². The Morgan fingerprint density at radius 2 is 1.70 bits per heavy atom. The maximum Gasteiger partial charge on any atom is 0.273 e. The van der Waals surface area contributed by atoms with Crippen LogP contribution in [0.3, 0.4) is 0 Å². The van der Waals surface area contributed by atoms with E-state index in [1.54, 1.807) is 36.4 Å². The maximum absolute atomic E-state index is 12.9. The first-order valence-electron chi connectivity index (χ1n) is 10.6. The zero-order chi connectivity index (χ0) is 23.6. The molecule has 11 heteroatoms. The molecule has 1 saturated heterocycles. The Labute approximate surface area is 190 Å². The molecule has 174 valence electrons. The highest BCUT2D eigenvalue weighted by Crippen LogP contribution is 2.21. The van der Waals surface area contributed by atoms with Gasteiger partial charge < -0.3 is 10.2 Å².